The molecule has 160 valence electrons. The molecule has 5 nitrogen and oxygen atoms in total. The van der Waals surface area contributed by atoms with Crippen molar-refractivity contribution >= 4 is 0 Å². The van der Waals surface area contributed by atoms with Gasteiger partial charge in [-0.05, 0) is 37.0 Å². The predicted octanol–water partition coefficient (Wildman–Crippen LogP) is 4.49. The van der Waals surface area contributed by atoms with Gasteiger partial charge in [-0.25, -0.2) is 0 Å². The van der Waals surface area contributed by atoms with E-state index in [1.165, 1.54) is 19.3 Å². The first-order valence-corrected chi connectivity index (χ1v) is 11.4. The van der Waals surface area contributed by atoms with E-state index >= 15 is 0 Å². The molecule has 0 N–H and O–H groups in total. The van der Waals surface area contributed by atoms with Gasteiger partial charge in [-0.15, -0.1) is 0 Å². The predicted molar refractivity (Wildman–Crippen MR) is 104 cm³/mol. The first kappa shape index (κ1) is 19.7. The molecule has 0 aromatic carbocycles. The van der Waals surface area contributed by atoms with Crippen LogP contribution in [0.25, 0.3) is 0 Å². The molecule has 0 aromatic rings. The summed E-state index contributed by atoms with van der Waals surface area (Å²) >= 11 is 0. The van der Waals surface area contributed by atoms with Crippen LogP contribution in [0, 0.1) is 28.6 Å². The normalized spacial score (nSPS) is 52.0. The molecular weight excluding hydrogens is 356 g/mol. The van der Waals surface area contributed by atoms with E-state index in [4.69, 9.17) is 23.7 Å². The quantitative estimate of drug-likeness (QED) is 0.656. The number of fused-ring (bicyclic) bond motifs is 3. The first-order chi connectivity index (χ1) is 13.3. The Balaban J connectivity index is 1.57. The second kappa shape index (κ2) is 6.40. The molecule has 0 radical (unpaired) electrons. The van der Waals surface area contributed by atoms with Crippen LogP contribution in [0.1, 0.15) is 72.6 Å². The molecule has 0 amide bonds. The van der Waals surface area contributed by atoms with Crippen molar-refractivity contribution in [1.82, 2.24) is 0 Å². The lowest BCUT2D eigenvalue weighted by molar-refractivity contribution is -0.381. The van der Waals surface area contributed by atoms with Gasteiger partial charge in [-0.1, -0.05) is 34.1 Å². The minimum Gasteiger partial charge on any atom is -0.356 e. The van der Waals surface area contributed by atoms with Crippen molar-refractivity contribution in [1.29, 1.82) is 0 Å². The Morgan fingerprint density at radius 3 is 2.46 bits per heavy atom. The Bertz CT molecular complexity index is 614. The molecule has 3 heterocycles. The van der Waals surface area contributed by atoms with Gasteiger partial charge in [0, 0.05) is 37.2 Å². The molecule has 3 saturated heterocycles. The van der Waals surface area contributed by atoms with Crippen LogP contribution in [-0.4, -0.2) is 44.3 Å². The Labute approximate surface area is 169 Å². The molecule has 28 heavy (non-hydrogen) atoms. The zero-order chi connectivity index (χ0) is 19.8. The minimum atomic E-state index is -0.509. The molecule has 5 fully saturated rings. The fraction of sp³-hybridized carbons (Fsp3) is 1.00. The van der Waals surface area contributed by atoms with Crippen LogP contribution >= 0.6 is 0 Å². The van der Waals surface area contributed by atoms with E-state index in [0.29, 0.717) is 25.0 Å². The van der Waals surface area contributed by atoms with Crippen molar-refractivity contribution in [2.75, 3.05) is 20.3 Å². The smallest absolute Gasteiger partial charge is 0.174 e. The maximum atomic E-state index is 7.07. The summed E-state index contributed by atoms with van der Waals surface area (Å²) in [6, 6.07) is 0. The van der Waals surface area contributed by atoms with Crippen molar-refractivity contribution in [3.63, 3.8) is 0 Å². The van der Waals surface area contributed by atoms with Crippen LogP contribution in [0.15, 0.2) is 0 Å². The Morgan fingerprint density at radius 2 is 1.75 bits per heavy atom. The molecule has 5 rings (SSSR count). The monoisotopic (exact) mass is 394 g/mol. The van der Waals surface area contributed by atoms with Crippen molar-refractivity contribution in [2.24, 2.45) is 28.6 Å². The van der Waals surface area contributed by atoms with E-state index in [2.05, 4.69) is 27.7 Å². The molecule has 4 unspecified atom stereocenters. The van der Waals surface area contributed by atoms with Crippen molar-refractivity contribution in [2.45, 2.75) is 96.6 Å². The lowest BCUT2D eigenvalue weighted by Crippen LogP contribution is -2.72. The summed E-state index contributed by atoms with van der Waals surface area (Å²) in [7, 11) is 1.73. The van der Waals surface area contributed by atoms with Gasteiger partial charge < -0.3 is 23.7 Å². The van der Waals surface area contributed by atoms with Gasteiger partial charge in [0.05, 0.1) is 18.8 Å². The molecule has 0 aromatic heterocycles. The number of hydrogen-bond donors (Lipinski definition) is 0. The Kier molecular flexibility index (Phi) is 4.51. The molecule has 2 saturated carbocycles. The van der Waals surface area contributed by atoms with Crippen LogP contribution in [0.2, 0.25) is 0 Å². The third-order valence-electron chi connectivity index (χ3n) is 9.46. The van der Waals surface area contributed by atoms with Crippen LogP contribution < -0.4 is 0 Å². The van der Waals surface area contributed by atoms with Gasteiger partial charge in [0.2, 0.25) is 0 Å². The number of ether oxygens (including phenoxy) is 5. The molecule has 0 bridgehead atoms. The molecule has 2 aliphatic carbocycles. The zero-order valence-electron chi connectivity index (χ0n) is 18.3. The highest BCUT2D eigenvalue weighted by Crippen LogP contribution is 2.69. The molecular formula is C23H38O5. The second-order valence-electron chi connectivity index (χ2n) is 11.0. The standard InChI is InChI=1S/C23H38O5/c1-15-22(10-7-16-13-18(24-5)27-19(16)28-22)21(4)9-6-8-20(2,3)17(21)14-23(15)25-11-12-26-23/h15-19H,6-14H2,1-5H3/t15-,16?,17?,18?,19?,21-,22+/m0/s1. The van der Waals surface area contributed by atoms with Crippen molar-refractivity contribution < 1.29 is 23.7 Å². The summed E-state index contributed by atoms with van der Waals surface area (Å²) < 4.78 is 31.6. The van der Waals surface area contributed by atoms with Crippen LogP contribution in [0.4, 0.5) is 0 Å². The summed E-state index contributed by atoms with van der Waals surface area (Å²) in [5, 5.41) is 0. The maximum absolute atomic E-state index is 7.07. The molecule has 3 aliphatic heterocycles. The summed E-state index contributed by atoms with van der Waals surface area (Å²) in [6.07, 6.45) is 7.56. The van der Waals surface area contributed by atoms with E-state index in [1.54, 1.807) is 7.11 Å². The third-order valence-corrected chi connectivity index (χ3v) is 9.46. The average molecular weight is 395 g/mol. The summed E-state index contributed by atoms with van der Waals surface area (Å²) in [5.41, 5.74) is 0.0875. The van der Waals surface area contributed by atoms with Crippen LogP contribution in [0.3, 0.4) is 0 Å². The largest absolute Gasteiger partial charge is 0.356 e. The molecule has 5 aliphatic rings. The lowest BCUT2D eigenvalue weighted by atomic mass is 9.42. The zero-order valence-corrected chi connectivity index (χ0v) is 18.3. The Morgan fingerprint density at radius 1 is 1.00 bits per heavy atom. The van der Waals surface area contributed by atoms with E-state index in [9.17, 15) is 0 Å². The van der Waals surface area contributed by atoms with Crippen LogP contribution in [0.5, 0.6) is 0 Å². The molecule has 7 atom stereocenters. The number of hydrogen-bond acceptors (Lipinski definition) is 5. The van der Waals surface area contributed by atoms with Crippen molar-refractivity contribution in [3.05, 3.63) is 0 Å². The van der Waals surface area contributed by atoms with Crippen LogP contribution in [-0.2, 0) is 23.7 Å². The van der Waals surface area contributed by atoms with E-state index in [-0.39, 0.29) is 34.9 Å². The van der Waals surface area contributed by atoms with Crippen molar-refractivity contribution in [3.8, 4) is 0 Å². The third kappa shape index (κ3) is 2.49. The first-order valence-electron chi connectivity index (χ1n) is 11.4. The van der Waals surface area contributed by atoms with Gasteiger partial charge in [-0.3, -0.25) is 0 Å². The highest BCUT2D eigenvalue weighted by Gasteiger charge is 2.72. The SMILES string of the molecule is COC1CC2CC[C@@]3(OC2O1)[C@H](C)C1(CC2C(C)(C)CCC[C@@]23C)OCCO1. The fourth-order valence-corrected chi connectivity index (χ4v) is 7.89. The highest BCUT2D eigenvalue weighted by atomic mass is 16.8. The van der Waals surface area contributed by atoms with Gasteiger partial charge >= 0.3 is 0 Å². The van der Waals surface area contributed by atoms with Gasteiger partial charge in [0.15, 0.2) is 18.4 Å². The number of rotatable bonds is 1. The van der Waals surface area contributed by atoms with E-state index in [0.717, 1.165) is 25.7 Å². The van der Waals surface area contributed by atoms with Gasteiger partial charge in [-0.2, -0.15) is 0 Å². The summed E-state index contributed by atoms with van der Waals surface area (Å²) in [6.45, 7) is 11.1. The Hall–Kier alpha value is -0.200. The fourth-order valence-electron chi connectivity index (χ4n) is 7.89. The lowest BCUT2D eigenvalue weighted by Gasteiger charge is -2.69. The maximum Gasteiger partial charge on any atom is 0.174 e. The average Bonchev–Trinajstić information content (AvgIpc) is 3.29. The number of methoxy groups -OCH3 is 1. The minimum absolute atomic E-state index is 0.105. The van der Waals surface area contributed by atoms with Gasteiger partial charge in [0.25, 0.3) is 0 Å². The van der Waals surface area contributed by atoms with Gasteiger partial charge in [0.1, 0.15) is 0 Å². The molecule has 5 heteroatoms. The van der Waals surface area contributed by atoms with E-state index < -0.39 is 5.79 Å². The van der Waals surface area contributed by atoms with E-state index in [1.807, 2.05) is 0 Å². The topological polar surface area (TPSA) is 46.2 Å². The summed E-state index contributed by atoms with van der Waals surface area (Å²) in [4.78, 5) is 0. The highest BCUT2D eigenvalue weighted by molar-refractivity contribution is 5.18. The molecule has 2 spiro atoms. The second-order valence-corrected chi connectivity index (χ2v) is 11.0. The summed E-state index contributed by atoms with van der Waals surface area (Å²) in [5.74, 6) is 0.623.